The molecule has 1 saturated heterocycles. The zero-order valence-electron chi connectivity index (χ0n) is 11.4. The van der Waals surface area contributed by atoms with Crippen molar-refractivity contribution in [2.45, 2.75) is 51.1 Å². The van der Waals surface area contributed by atoms with Crippen molar-refractivity contribution in [3.05, 3.63) is 11.6 Å². The van der Waals surface area contributed by atoms with E-state index in [0.29, 0.717) is 23.7 Å². The van der Waals surface area contributed by atoms with Crippen molar-refractivity contribution in [2.75, 3.05) is 13.1 Å². The van der Waals surface area contributed by atoms with Gasteiger partial charge in [-0.3, -0.25) is 9.89 Å². The van der Waals surface area contributed by atoms with Gasteiger partial charge in [0.05, 0.1) is 0 Å². The number of carbonyl (C=O) groups excluding carboxylic acids is 1. The smallest absolute Gasteiger partial charge is 0.293 e. The molecule has 2 fully saturated rings. The third-order valence-electron chi connectivity index (χ3n) is 3.87. The summed E-state index contributed by atoms with van der Waals surface area (Å²) in [5.74, 6) is 0.967. The number of nitrogens with zero attached hydrogens (tertiary/aromatic N) is 3. The Hall–Kier alpha value is -1.43. The number of H-pyrrole nitrogens is 1. The van der Waals surface area contributed by atoms with E-state index in [2.05, 4.69) is 20.5 Å². The molecule has 1 amide bonds. The van der Waals surface area contributed by atoms with Crippen LogP contribution in [0.15, 0.2) is 0 Å². The SMILES string of the molecule is Cc1nc(C(=O)N(CC2CCCCN2)C2CC2)n[nH]1. The molecule has 104 valence electrons. The lowest BCUT2D eigenvalue weighted by molar-refractivity contribution is 0.0706. The van der Waals surface area contributed by atoms with Crippen molar-refractivity contribution in [2.24, 2.45) is 0 Å². The van der Waals surface area contributed by atoms with Crippen LogP contribution in [0, 0.1) is 6.92 Å². The summed E-state index contributed by atoms with van der Waals surface area (Å²) in [6, 6.07) is 0.827. The van der Waals surface area contributed by atoms with E-state index in [9.17, 15) is 4.79 Å². The standard InChI is InChI=1S/C13H21N5O/c1-9-15-12(17-16-9)13(19)18(11-5-6-11)8-10-4-2-3-7-14-10/h10-11,14H,2-8H2,1H3,(H,15,16,17). The van der Waals surface area contributed by atoms with Gasteiger partial charge in [-0.15, -0.1) is 5.10 Å². The van der Waals surface area contributed by atoms with Crippen molar-refractivity contribution in [3.63, 3.8) is 0 Å². The molecule has 0 radical (unpaired) electrons. The summed E-state index contributed by atoms with van der Waals surface area (Å²) in [7, 11) is 0. The Kier molecular flexibility index (Phi) is 3.50. The van der Waals surface area contributed by atoms with Gasteiger partial charge in [0.2, 0.25) is 5.82 Å². The number of rotatable bonds is 4. The third-order valence-corrected chi connectivity index (χ3v) is 3.87. The lowest BCUT2D eigenvalue weighted by atomic mass is 10.0. The highest BCUT2D eigenvalue weighted by molar-refractivity contribution is 5.90. The zero-order valence-corrected chi connectivity index (χ0v) is 11.4. The quantitative estimate of drug-likeness (QED) is 0.845. The molecule has 2 aliphatic rings. The molecule has 1 aliphatic heterocycles. The van der Waals surface area contributed by atoms with E-state index >= 15 is 0 Å². The molecule has 1 aromatic rings. The minimum atomic E-state index is -0.0285. The first-order chi connectivity index (χ1) is 9.24. The number of aromatic amines is 1. The van der Waals surface area contributed by atoms with Gasteiger partial charge in [0.1, 0.15) is 5.82 Å². The number of piperidine rings is 1. The van der Waals surface area contributed by atoms with Crippen molar-refractivity contribution in [1.29, 1.82) is 0 Å². The first kappa shape index (κ1) is 12.6. The lowest BCUT2D eigenvalue weighted by Gasteiger charge is -2.30. The minimum absolute atomic E-state index is 0.0285. The van der Waals surface area contributed by atoms with Crippen LogP contribution in [-0.2, 0) is 0 Å². The number of aryl methyl sites for hydroxylation is 1. The average Bonchev–Trinajstić information content (AvgIpc) is 3.18. The number of hydrogen-bond acceptors (Lipinski definition) is 4. The van der Waals surface area contributed by atoms with Crippen LogP contribution in [0.2, 0.25) is 0 Å². The first-order valence-electron chi connectivity index (χ1n) is 7.17. The van der Waals surface area contributed by atoms with Gasteiger partial charge in [0.15, 0.2) is 0 Å². The largest absolute Gasteiger partial charge is 0.331 e. The summed E-state index contributed by atoms with van der Waals surface area (Å²) in [5.41, 5.74) is 0. The summed E-state index contributed by atoms with van der Waals surface area (Å²) in [4.78, 5) is 18.6. The molecule has 1 aromatic heterocycles. The van der Waals surface area contributed by atoms with Crippen LogP contribution in [-0.4, -0.2) is 51.2 Å². The molecule has 1 aliphatic carbocycles. The number of carbonyl (C=O) groups is 1. The fraction of sp³-hybridized carbons (Fsp3) is 0.769. The number of hydrogen-bond donors (Lipinski definition) is 2. The Morgan fingerprint density at radius 3 is 2.79 bits per heavy atom. The van der Waals surface area contributed by atoms with Gasteiger partial charge in [0, 0.05) is 18.6 Å². The molecule has 2 heterocycles. The topological polar surface area (TPSA) is 73.9 Å². The van der Waals surface area contributed by atoms with Crippen LogP contribution in [0.4, 0.5) is 0 Å². The Bertz CT molecular complexity index is 448. The van der Waals surface area contributed by atoms with E-state index in [1.54, 1.807) is 0 Å². The maximum atomic E-state index is 12.5. The second-order valence-corrected chi connectivity index (χ2v) is 5.58. The van der Waals surface area contributed by atoms with Crippen molar-refractivity contribution < 1.29 is 4.79 Å². The van der Waals surface area contributed by atoms with Crippen molar-refractivity contribution in [3.8, 4) is 0 Å². The van der Waals surface area contributed by atoms with Crippen LogP contribution >= 0.6 is 0 Å². The molecule has 1 unspecified atom stereocenters. The van der Waals surface area contributed by atoms with Crippen molar-refractivity contribution >= 4 is 5.91 Å². The first-order valence-corrected chi connectivity index (χ1v) is 7.17. The fourth-order valence-corrected chi connectivity index (χ4v) is 2.67. The fourth-order valence-electron chi connectivity index (χ4n) is 2.67. The maximum absolute atomic E-state index is 12.5. The molecule has 0 bridgehead atoms. The zero-order chi connectivity index (χ0) is 13.2. The Labute approximate surface area is 113 Å². The molecule has 0 spiro atoms. The van der Waals surface area contributed by atoms with E-state index in [-0.39, 0.29) is 5.91 Å². The molecule has 3 rings (SSSR count). The van der Waals surface area contributed by atoms with E-state index in [1.807, 2.05) is 11.8 Å². The summed E-state index contributed by atoms with van der Waals surface area (Å²) >= 11 is 0. The van der Waals surface area contributed by atoms with E-state index in [4.69, 9.17) is 0 Å². The van der Waals surface area contributed by atoms with Gasteiger partial charge in [-0.2, -0.15) is 0 Å². The van der Waals surface area contributed by atoms with E-state index < -0.39 is 0 Å². The van der Waals surface area contributed by atoms with Gasteiger partial charge in [-0.1, -0.05) is 6.42 Å². The highest BCUT2D eigenvalue weighted by Crippen LogP contribution is 2.28. The van der Waals surface area contributed by atoms with Crippen molar-refractivity contribution in [1.82, 2.24) is 25.4 Å². The highest BCUT2D eigenvalue weighted by atomic mass is 16.2. The monoisotopic (exact) mass is 263 g/mol. The lowest BCUT2D eigenvalue weighted by Crippen LogP contribution is -2.46. The molecule has 6 nitrogen and oxygen atoms in total. The van der Waals surface area contributed by atoms with Gasteiger partial charge in [-0.05, 0) is 39.2 Å². The second-order valence-electron chi connectivity index (χ2n) is 5.58. The molecule has 1 saturated carbocycles. The van der Waals surface area contributed by atoms with Crippen LogP contribution in [0.5, 0.6) is 0 Å². The Morgan fingerprint density at radius 1 is 1.37 bits per heavy atom. The van der Waals surface area contributed by atoms with Gasteiger partial charge >= 0.3 is 0 Å². The van der Waals surface area contributed by atoms with E-state index in [1.165, 1.54) is 12.8 Å². The van der Waals surface area contributed by atoms with Gasteiger partial charge in [0.25, 0.3) is 5.91 Å². The molecule has 1 atom stereocenters. The van der Waals surface area contributed by atoms with Crippen LogP contribution in [0.1, 0.15) is 48.5 Å². The minimum Gasteiger partial charge on any atom is -0.331 e. The molecular formula is C13H21N5O. The van der Waals surface area contributed by atoms with Gasteiger partial charge in [-0.25, -0.2) is 4.98 Å². The van der Waals surface area contributed by atoms with Crippen LogP contribution in [0.3, 0.4) is 0 Å². The van der Waals surface area contributed by atoms with Crippen LogP contribution in [0.25, 0.3) is 0 Å². The summed E-state index contributed by atoms with van der Waals surface area (Å²) in [5, 5.41) is 10.2. The number of nitrogens with one attached hydrogen (secondary N) is 2. The predicted octanol–water partition coefficient (Wildman–Crippen LogP) is 0.860. The maximum Gasteiger partial charge on any atom is 0.293 e. The summed E-state index contributed by atoms with van der Waals surface area (Å²) in [6.45, 7) is 3.67. The average molecular weight is 263 g/mol. The van der Waals surface area contributed by atoms with E-state index in [0.717, 1.165) is 32.4 Å². The molecule has 6 heteroatoms. The van der Waals surface area contributed by atoms with Gasteiger partial charge < -0.3 is 10.2 Å². The molecule has 2 N–H and O–H groups in total. The Balaban J connectivity index is 1.68. The predicted molar refractivity (Wildman–Crippen MR) is 70.8 cm³/mol. The molecular weight excluding hydrogens is 242 g/mol. The normalized spacial score (nSPS) is 23.3. The second kappa shape index (κ2) is 5.28. The number of aromatic nitrogens is 3. The molecule has 19 heavy (non-hydrogen) atoms. The van der Waals surface area contributed by atoms with Crippen LogP contribution < -0.4 is 5.32 Å². The summed E-state index contributed by atoms with van der Waals surface area (Å²) < 4.78 is 0. The number of amides is 1. The third kappa shape index (κ3) is 2.94. The molecule has 0 aromatic carbocycles. The highest BCUT2D eigenvalue weighted by Gasteiger charge is 2.36. The summed E-state index contributed by atoms with van der Waals surface area (Å²) in [6.07, 6.45) is 5.88. The Morgan fingerprint density at radius 2 is 2.21 bits per heavy atom.